The van der Waals surface area contributed by atoms with Gasteiger partial charge in [-0.1, -0.05) is 19.9 Å². The van der Waals surface area contributed by atoms with Gasteiger partial charge in [-0.25, -0.2) is 4.79 Å². The Morgan fingerprint density at radius 1 is 1.15 bits per heavy atom. The third-order valence-corrected chi connectivity index (χ3v) is 4.78. The fraction of sp³-hybridized carbons (Fsp3) is 0.435. The lowest BCUT2D eigenvalue weighted by Crippen LogP contribution is -2.42. The minimum Gasteiger partial charge on any atom is -0.493 e. The largest absolute Gasteiger partial charge is 0.493 e. The lowest BCUT2D eigenvalue weighted by molar-refractivity contribution is -0.114. The van der Waals surface area contributed by atoms with Gasteiger partial charge in [-0.05, 0) is 36.6 Å². The third kappa shape index (κ3) is 6.48. The fourth-order valence-corrected chi connectivity index (χ4v) is 3.18. The molecule has 33 heavy (non-hydrogen) atoms. The molecule has 3 N–H and O–H groups in total. The molecule has 0 aliphatic rings. The first kappa shape index (κ1) is 25.7. The first-order chi connectivity index (χ1) is 15.9. The maximum atomic E-state index is 13.1. The zero-order valence-corrected chi connectivity index (χ0v) is 19.6. The normalized spacial score (nSPS) is 11.0. The molecule has 2 aromatic rings. The number of carbonyl (C=O) groups is 1. The van der Waals surface area contributed by atoms with Crippen LogP contribution in [0.2, 0.25) is 0 Å². The molecule has 1 aromatic heterocycles. The fourth-order valence-electron chi connectivity index (χ4n) is 3.18. The second-order valence-electron chi connectivity index (χ2n) is 7.22. The number of methoxy groups -OCH3 is 2. The summed E-state index contributed by atoms with van der Waals surface area (Å²) in [4.78, 5) is 41.2. The SMILES string of the molecule is CCCOc1ccc(/C=C/C(=O)N(CCOC)c2c(N)n(CCC)c(=O)[nH]c2=O)cc1OC. The van der Waals surface area contributed by atoms with E-state index in [0.717, 1.165) is 6.42 Å². The van der Waals surface area contributed by atoms with E-state index in [2.05, 4.69) is 4.98 Å². The van der Waals surface area contributed by atoms with Crippen LogP contribution in [0.15, 0.2) is 33.9 Å². The van der Waals surface area contributed by atoms with Gasteiger partial charge in [-0.15, -0.1) is 0 Å². The second kappa shape index (κ2) is 12.5. The number of nitrogens with two attached hydrogens (primary N) is 1. The van der Waals surface area contributed by atoms with E-state index in [1.807, 2.05) is 13.8 Å². The standard InChI is InChI=1S/C23H32N4O6/c1-5-11-27-21(24)20(22(29)25-23(27)30)26(12-14-31-3)19(28)10-8-16-7-9-17(33-13-6-2)18(15-16)32-4/h7-10,15H,5-6,11-14,24H2,1-4H3,(H,25,29,30)/b10-8+. The Morgan fingerprint density at radius 3 is 2.55 bits per heavy atom. The van der Waals surface area contributed by atoms with Crippen molar-refractivity contribution in [3.05, 3.63) is 50.7 Å². The highest BCUT2D eigenvalue weighted by Gasteiger charge is 2.22. The summed E-state index contributed by atoms with van der Waals surface area (Å²) in [6.07, 6.45) is 4.41. The van der Waals surface area contributed by atoms with Gasteiger partial charge in [0.2, 0.25) is 0 Å². The molecular weight excluding hydrogens is 428 g/mol. The van der Waals surface area contributed by atoms with Gasteiger partial charge in [0.1, 0.15) is 5.82 Å². The minimum absolute atomic E-state index is 0.0671. The number of nitrogen functional groups attached to an aromatic ring is 1. The first-order valence-corrected chi connectivity index (χ1v) is 10.8. The van der Waals surface area contributed by atoms with Crippen molar-refractivity contribution in [2.75, 3.05) is 44.6 Å². The quantitative estimate of drug-likeness (QED) is 0.464. The maximum absolute atomic E-state index is 13.1. The van der Waals surface area contributed by atoms with Crippen molar-refractivity contribution in [2.24, 2.45) is 0 Å². The van der Waals surface area contributed by atoms with Crippen LogP contribution in [0.1, 0.15) is 32.3 Å². The van der Waals surface area contributed by atoms with Crippen molar-refractivity contribution in [3.8, 4) is 11.5 Å². The summed E-state index contributed by atoms with van der Waals surface area (Å²) in [6.45, 7) is 5.00. The molecule has 2 rings (SSSR count). The number of aromatic amines is 1. The van der Waals surface area contributed by atoms with E-state index >= 15 is 0 Å². The van der Waals surface area contributed by atoms with Crippen molar-refractivity contribution in [2.45, 2.75) is 33.2 Å². The van der Waals surface area contributed by atoms with E-state index in [1.165, 1.54) is 22.7 Å². The molecule has 0 fully saturated rings. The zero-order valence-electron chi connectivity index (χ0n) is 19.6. The highest BCUT2D eigenvalue weighted by atomic mass is 16.5. The van der Waals surface area contributed by atoms with Crippen LogP contribution in [0.25, 0.3) is 6.08 Å². The van der Waals surface area contributed by atoms with E-state index < -0.39 is 17.2 Å². The third-order valence-electron chi connectivity index (χ3n) is 4.78. The van der Waals surface area contributed by atoms with Gasteiger partial charge in [0.15, 0.2) is 17.2 Å². The minimum atomic E-state index is -0.734. The second-order valence-corrected chi connectivity index (χ2v) is 7.22. The molecular formula is C23H32N4O6. The van der Waals surface area contributed by atoms with Crippen LogP contribution in [0.5, 0.6) is 11.5 Å². The van der Waals surface area contributed by atoms with Crippen molar-refractivity contribution < 1.29 is 19.0 Å². The highest BCUT2D eigenvalue weighted by molar-refractivity contribution is 6.05. The maximum Gasteiger partial charge on any atom is 0.330 e. The summed E-state index contributed by atoms with van der Waals surface area (Å²) in [5, 5.41) is 0. The van der Waals surface area contributed by atoms with Gasteiger partial charge in [-0.2, -0.15) is 0 Å². The lowest BCUT2D eigenvalue weighted by atomic mass is 10.2. The molecule has 1 aromatic carbocycles. The van der Waals surface area contributed by atoms with Crippen LogP contribution >= 0.6 is 0 Å². The van der Waals surface area contributed by atoms with E-state index in [4.69, 9.17) is 19.9 Å². The first-order valence-electron chi connectivity index (χ1n) is 10.8. The Balaban J connectivity index is 2.40. The van der Waals surface area contributed by atoms with Crippen LogP contribution in [0, 0.1) is 0 Å². The number of ether oxygens (including phenoxy) is 3. The van der Waals surface area contributed by atoms with Crippen LogP contribution in [0.3, 0.4) is 0 Å². The monoisotopic (exact) mass is 460 g/mol. The van der Waals surface area contributed by atoms with Crippen LogP contribution in [-0.4, -0.2) is 49.4 Å². The van der Waals surface area contributed by atoms with Gasteiger partial charge < -0.3 is 19.9 Å². The summed E-state index contributed by atoms with van der Waals surface area (Å²) >= 11 is 0. The molecule has 0 saturated carbocycles. The Labute approximate surface area is 192 Å². The highest BCUT2D eigenvalue weighted by Crippen LogP contribution is 2.28. The van der Waals surface area contributed by atoms with E-state index in [-0.39, 0.29) is 24.7 Å². The number of benzene rings is 1. The molecule has 0 radical (unpaired) electrons. The number of hydrogen-bond acceptors (Lipinski definition) is 7. The molecule has 0 aliphatic heterocycles. The lowest BCUT2D eigenvalue weighted by Gasteiger charge is -2.23. The predicted octanol–water partition coefficient (Wildman–Crippen LogP) is 2.02. The summed E-state index contributed by atoms with van der Waals surface area (Å²) in [5.74, 6) is 0.599. The predicted molar refractivity (Wildman–Crippen MR) is 128 cm³/mol. The number of nitrogens with one attached hydrogen (secondary N) is 1. The van der Waals surface area contributed by atoms with E-state index in [9.17, 15) is 14.4 Å². The van der Waals surface area contributed by atoms with Gasteiger partial charge in [0, 0.05) is 26.3 Å². The summed E-state index contributed by atoms with van der Waals surface area (Å²) in [5.41, 5.74) is 5.40. The number of amides is 1. The number of aromatic nitrogens is 2. The Hall–Kier alpha value is -3.53. The smallest absolute Gasteiger partial charge is 0.330 e. The summed E-state index contributed by atoms with van der Waals surface area (Å²) < 4.78 is 17.4. The van der Waals surface area contributed by atoms with Crippen molar-refractivity contribution in [3.63, 3.8) is 0 Å². The summed E-state index contributed by atoms with van der Waals surface area (Å²) in [6, 6.07) is 5.31. The summed E-state index contributed by atoms with van der Waals surface area (Å²) in [7, 11) is 3.03. The average molecular weight is 461 g/mol. The topological polar surface area (TPSA) is 129 Å². The molecule has 10 heteroatoms. The molecule has 1 heterocycles. The average Bonchev–Trinajstić information content (AvgIpc) is 2.80. The molecule has 180 valence electrons. The number of H-pyrrole nitrogens is 1. The van der Waals surface area contributed by atoms with Crippen molar-refractivity contribution >= 4 is 23.5 Å². The molecule has 1 amide bonds. The number of rotatable bonds is 12. The zero-order chi connectivity index (χ0) is 24.4. The molecule has 0 aliphatic carbocycles. The molecule has 0 unspecified atom stereocenters. The Morgan fingerprint density at radius 2 is 1.91 bits per heavy atom. The molecule has 0 spiro atoms. The van der Waals surface area contributed by atoms with E-state index in [1.54, 1.807) is 31.4 Å². The number of nitrogens with zero attached hydrogens (tertiary/aromatic N) is 2. The number of hydrogen-bond donors (Lipinski definition) is 2. The van der Waals surface area contributed by atoms with Crippen LogP contribution < -0.4 is 31.4 Å². The molecule has 0 saturated heterocycles. The van der Waals surface area contributed by atoms with Gasteiger partial charge in [0.05, 0.1) is 20.3 Å². The number of carbonyl (C=O) groups excluding carboxylic acids is 1. The Kier molecular flexibility index (Phi) is 9.74. The van der Waals surface area contributed by atoms with Gasteiger partial charge in [-0.3, -0.25) is 24.0 Å². The van der Waals surface area contributed by atoms with E-state index in [0.29, 0.717) is 36.6 Å². The molecule has 10 nitrogen and oxygen atoms in total. The van der Waals surface area contributed by atoms with Crippen LogP contribution in [-0.2, 0) is 16.1 Å². The van der Waals surface area contributed by atoms with Crippen molar-refractivity contribution in [1.29, 1.82) is 0 Å². The molecule has 0 bridgehead atoms. The number of anilines is 2. The van der Waals surface area contributed by atoms with Gasteiger partial charge >= 0.3 is 5.69 Å². The van der Waals surface area contributed by atoms with Crippen LogP contribution in [0.4, 0.5) is 11.5 Å². The Bertz CT molecular complexity index is 1090. The van der Waals surface area contributed by atoms with Crippen molar-refractivity contribution in [1.82, 2.24) is 9.55 Å². The molecule has 0 atom stereocenters. The van der Waals surface area contributed by atoms with Gasteiger partial charge in [0.25, 0.3) is 11.5 Å².